The lowest BCUT2D eigenvalue weighted by Crippen LogP contribution is -2.18. The Labute approximate surface area is 78.1 Å². The molecule has 4 nitrogen and oxygen atoms in total. The molecule has 0 amide bonds. The van der Waals surface area contributed by atoms with Crippen molar-refractivity contribution in [3.8, 4) is 0 Å². The Morgan fingerprint density at radius 3 is 2.92 bits per heavy atom. The summed E-state index contributed by atoms with van der Waals surface area (Å²) < 4.78 is 0. The Balaban J connectivity index is 2.11. The Bertz CT molecular complexity index is 244. The quantitative estimate of drug-likeness (QED) is 0.756. The predicted octanol–water partition coefficient (Wildman–Crippen LogP) is 1.88. The number of hydrogen-bond acceptors (Lipinski definition) is 3. The van der Waals surface area contributed by atoms with Crippen molar-refractivity contribution in [1.82, 2.24) is 20.6 Å². The van der Waals surface area contributed by atoms with Gasteiger partial charge in [-0.05, 0) is 18.8 Å². The molecule has 0 aromatic carbocycles. The standard InChI is InChI=1S/C9H16N4/c1-2-7-5-3-4-6-8(7)9-10-12-13-11-9/h7-8H,2-6H2,1H3,(H,10,11,12,13). The van der Waals surface area contributed by atoms with Gasteiger partial charge in [-0.3, -0.25) is 0 Å². The Kier molecular flexibility index (Phi) is 2.57. The molecular weight excluding hydrogens is 164 g/mol. The first-order chi connectivity index (χ1) is 6.42. The maximum Gasteiger partial charge on any atom is 0.177 e. The van der Waals surface area contributed by atoms with E-state index in [4.69, 9.17) is 0 Å². The van der Waals surface area contributed by atoms with Crippen molar-refractivity contribution in [1.29, 1.82) is 0 Å². The summed E-state index contributed by atoms with van der Waals surface area (Å²) in [4.78, 5) is 0. The van der Waals surface area contributed by atoms with Gasteiger partial charge in [0.15, 0.2) is 5.82 Å². The summed E-state index contributed by atoms with van der Waals surface area (Å²) >= 11 is 0. The number of aromatic nitrogens is 4. The van der Waals surface area contributed by atoms with Crippen LogP contribution in [-0.2, 0) is 0 Å². The van der Waals surface area contributed by atoms with E-state index in [1.807, 2.05) is 0 Å². The molecule has 1 fully saturated rings. The third-order valence-electron chi connectivity index (χ3n) is 3.13. The molecule has 2 unspecified atom stereocenters. The molecule has 4 heteroatoms. The van der Waals surface area contributed by atoms with Crippen molar-refractivity contribution in [2.24, 2.45) is 5.92 Å². The van der Waals surface area contributed by atoms with Crippen LogP contribution in [0.5, 0.6) is 0 Å². The van der Waals surface area contributed by atoms with Crippen LogP contribution >= 0.6 is 0 Å². The number of hydrogen-bond donors (Lipinski definition) is 1. The molecule has 1 aromatic heterocycles. The summed E-state index contributed by atoms with van der Waals surface area (Å²) in [5.74, 6) is 2.25. The summed E-state index contributed by atoms with van der Waals surface area (Å²) in [7, 11) is 0. The summed E-state index contributed by atoms with van der Waals surface area (Å²) in [5, 5.41) is 14.4. The van der Waals surface area contributed by atoms with Crippen molar-refractivity contribution < 1.29 is 0 Å². The topological polar surface area (TPSA) is 54.5 Å². The van der Waals surface area contributed by atoms with E-state index in [9.17, 15) is 0 Å². The molecule has 1 aliphatic rings. The van der Waals surface area contributed by atoms with Gasteiger partial charge in [-0.1, -0.05) is 31.4 Å². The van der Waals surface area contributed by atoms with Gasteiger partial charge < -0.3 is 0 Å². The molecule has 1 saturated carbocycles. The first kappa shape index (κ1) is 8.66. The smallest absolute Gasteiger partial charge is 0.177 e. The zero-order valence-corrected chi connectivity index (χ0v) is 8.03. The lowest BCUT2D eigenvalue weighted by molar-refractivity contribution is 0.290. The molecule has 2 rings (SSSR count). The second-order valence-electron chi connectivity index (χ2n) is 3.83. The summed E-state index contributed by atoms with van der Waals surface area (Å²) in [6.07, 6.45) is 6.48. The van der Waals surface area contributed by atoms with E-state index in [0.29, 0.717) is 5.92 Å². The van der Waals surface area contributed by atoms with Crippen LogP contribution in [0.25, 0.3) is 0 Å². The van der Waals surface area contributed by atoms with Gasteiger partial charge in [0.2, 0.25) is 0 Å². The van der Waals surface area contributed by atoms with Crippen LogP contribution in [0.15, 0.2) is 0 Å². The fourth-order valence-corrected chi connectivity index (χ4v) is 2.36. The van der Waals surface area contributed by atoms with E-state index >= 15 is 0 Å². The van der Waals surface area contributed by atoms with Gasteiger partial charge in [-0.2, -0.15) is 5.21 Å². The Morgan fingerprint density at radius 1 is 1.38 bits per heavy atom. The highest BCUT2D eigenvalue weighted by atomic mass is 15.5. The summed E-state index contributed by atoms with van der Waals surface area (Å²) in [6.45, 7) is 2.25. The van der Waals surface area contributed by atoms with E-state index in [2.05, 4.69) is 27.5 Å². The third-order valence-corrected chi connectivity index (χ3v) is 3.13. The highest BCUT2D eigenvalue weighted by Crippen LogP contribution is 2.37. The minimum absolute atomic E-state index is 0.553. The van der Waals surface area contributed by atoms with Gasteiger partial charge in [0.1, 0.15) is 0 Å². The molecule has 0 spiro atoms. The number of nitrogens with zero attached hydrogens (tertiary/aromatic N) is 3. The van der Waals surface area contributed by atoms with Gasteiger partial charge in [-0.25, -0.2) is 0 Å². The van der Waals surface area contributed by atoms with Crippen LogP contribution in [0.1, 0.15) is 50.8 Å². The van der Waals surface area contributed by atoms with Gasteiger partial charge >= 0.3 is 0 Å². The molecule has 13 heavy (non-hydrogen) atoms. The predicted molar refractivity (Wildman–Crippen MR) is 49.2 cm³/mol. The van der Waals surface area contributed by atoms with Crippen LogP contribution in [-0.4, -0.2) is 20.6 Å². The van der Waals surface area contributed by atoms with Gasteiger partial charge in [-0.15, -0.1) is 10.2 Å². The average Bonchev–Trinajstić information content (AvgIpc) is 2.70. The second kappa shape index (κ2) is 3.85. The van der Waals surface area contributed by atoms with Crippen LogP contribution < -0.4 is 0 Å². The number of aromatic amines is 1. The third kappa shape index (κ3) is 1.71. The Morgan fingerprint density at radius 2 is 2.23 bits per heavy atom. The molecule has 0 radical (unpaired) electrons. The van der Waals surface area contributed by atoms with Crippen LogP contribution in [0.2, 0.25) is 0 Å². The van der Waals surface area contributed by atoms with E-state index in [0.717, 1.165) is 11.7 Å². The minimum Gasteiger partial charge on any atom is -0.177 e. The number of tetrazole rings is 1. The number of H-pyrrole nitrogens is 1. The average molecular weight is 180 g/mol. The maximum absolute atomic E-state index is 4.09. The first-order valence-electron chi connectivity index (χ1n) is 5.15. The molecule has 1 aliphatic carbocycles. The summed E-state index contributed by atoms with van der Waals surface area (Å²) in [5.41, 5.74) is 0. The zero-order valence-electron chi connectivity index (χ0n) is 8.03. The van der Waals surface area contributed by atoms with E-state index in [-0.39, 0.29) is 0 Å². The SMILES string of the molecule is CCC1CCCCC1c1nn[nH]n1. The van der Waals surface area contributed by atoms with E-state index in [1.54, 1.807) is 0 Å². The first-order valence-corrected chi connectivity index (χ1v) is 5.15. The minimum atomic E-state index is 0.553. The molecular formula is C9H16N4. The highest BCUT2D eigenvalue weighted by Gasteiger charge is 2.27. The van der Waals surface area contributed by atoms with Gasteiger partial charge in [0, 0.05) is 5.92 Å². The molecule has 2 atom stereocenters. The van der Waals surface area contributed by atoms with Crippen molar-refractivity contribution in [3.63, 3.8) is 0 Å². The zero-order chi connectivity index (χ0) is 9.10. The maximum atomic E-state index is 4.09. The molecule has 1 heterocycles. The van der Waals surface area contributed by atoms with Gasteiger partial charge in [0.05, 0.1) is 0 Å². The van der Waals surface area contributed by atoms with E-state index in [1.165, 1.54) is 32.1 Å². The monoisotopic (exact) mass is 180 g/mol. The van der Waals surface area contributed by atoms with Crippen molar-refractivity contribution in [2.75, 3.05) is 0 Å². The lowest BCUT2D eigenvalue weighted by Gasteiger charge is -2.28. The Hall–Kier alpha value is -0.930. The molecule has 0 bridgehead atoms. The number of nitrogens with one attached hydrogen (secondary N) is 1. The van der Waals surface area contributed by atoms with Crippen LogP contribution in [0.3, 0.4) is 0 Å². The largest absolute Gasteiger partial charge is 0.177 e. The van der Waals surface area contributed by atoms with Crippen LogP contribution in [0.4, 0.5) is 0 Å². The molecule has 0 saturated heterocycles. The summed E-state index contributed by atoms with van der Waals surface area (Å²) in [6, 6.07) is 0. The highest BCUT2D eigenvalue weighted by molar-refractivity contribution is 4.96. The molecule has 1 aromatic rings. The van der Waals surface area contributed by atoms with E-state index < -0.39 is 0 Å². The number of rotatable bonds is 2. The lowest BCUT2D eigenvalue weighted by atomic mass is 9.77. The van der Waals surface area contributed by atoms with Crippen molar-refractivity contribution >= 4 is 0 Å². The normalized spacial score (nSPS) is 29.0. The second-order valence-corrected chi connectivity index (χ2v) is 3.83. The molecule has 0 aliphatic heterocycles. The molecule has 72 valence electrons. The van der Waals surface area contributed by atoms with Crippen LogP contribution in [0, 0.1) is 5.92 Å². The van der Waals surface area contributed by atoms with Gasteiger partial charge in [0.25, 0.3) is 0 Å². The van der Waals surface area contributed by atoms with Crippen molar-refractivity contribution in [2.45, 2.75) is 44.9 Å². The van der Waals surface area contributed by atoms with Crippen molar-refractivity contribution in [3.05, 3.63) is 5.82 Å². The fraction of sp³-hybridized carbons (Fsp3) is 0.889. The fourth-order valence-electron chi connectivity index (χ4n) is 2.36. The molecule has 1 N–H and O–H groups in total.